The molecule has 3 unspecified atom stereocenters. The molecule has 0 N–H and O–H groups in total. The van der Waals surface area contributed by atoms with Crippen LogP contribution in [0, 0.1) is 58.7 Å². The fourth-order valence-corrected chi connectivity index (χ4v) is 7.61. The van der Waals surface area contributed by atoms with Crippen molar-refractivity contribution < 1.29 is 4.79 Å². The second-order valence-corrected chi connectivity index (χ2v) is 9.69. The van der Waals surface area contributed by atoms with Gasteiger partial charge in [-0.15, -0.1) is 12.3 Å². The maximum absolute atomic E-state index is 12.5. The SMILES string of the molecule is C#CC1C(C)CC[C@@]2(C)C1CC[C@@H]1[C@H]2CC[C@]2(C)C(=O)CC[C@@H]12. The smallest absolute Gasteiger partial charge is 0.139 e. The molecule has 0 aromatic rings. The third kappa shape index (κ3) is 1.96. The average Bonchev–Trinajstić information content (AvgIpc) is 2.83. The van der Waals surface area contributed by atoms with Gasteiger partial charge < -0.3 is 0 Å². The van der Waals surface area contributed by atoms with Crippen LogP contribution in [0.2, 0.25) is 0 Å². The van der Waals surface area contributed by atoms with Crippen LogP contribution < -0.4 is 0 Å². The highest BCUT2D eigenvalue weighted by molar-refractivity contribution is 5.87. The topological polar surface area (TPSA) is 17.1 Å². The van der Waals surface area contributed by atoms with E-state index in [4.69, 9.17) is 6.42 Å². The van der Waals surface area contributed by atoms with E-state index in [1.807, 2.05) is 0 Å². The van der Waals surface area contributed by atoms with Crippen molar-refractivity contribution in [2.24, 2.45) is 46.3 Å². The predicted octanol–water partition coefficient (Wildman–Crippen LogP) is 5.09. The summed E-state index contributed by atoms with van der Waals surface area (Å²) in [6, 6.07) is 0. The van der Waals surface area contributed by atoms with Crippen molar-refractivity contribution >= 4 is 5.78 Å². The van der Waals surface area contributed by atoms with Crippen LogP contribution in [0.4, 0.5) is 0 Å². The molecule has 0 heterocycles. The number of carbonyl (C=O) groups excluding carboxylic acids is 1. The lowest BCUT2D eigenvalue weighted by Gasteiger charge is -2.61. The molecule has 8 atom stereocenters. The Bertz CT molecular complexity index is 557. The zero-order valence-electron chi connectivity index (χ0n) is 15.1. The molecule has 0 amide bonds. The monoisotopic (exact) mass is 312 g/mol. The Kier molecular flexibility index (Phi) is 3.50. The molecule has 4 rings (SSSR count). The number of Topliss-reactive ketones (excluding diaryl/α,β-unsaturated/α-hetero) is 1. The van der Waals surface area contributed by atoms with Gasteiger partial charge in [-0.2, -0.15) is 0 Å². The van der Waals surface area contributed by atoms with Crippen molar-refractivity contribution in [2.45, 2.75) is 72.1 Å². The van der Waals surface area contributed by atoms with Crippen molar-refractivity contribution in [1.29, 1.82) is 0 Å². The van der Waals surface area contributed by atoms with E-state index >= 15 is 0 Å². The van der Waals surface area contributed by atoms with Gasteiger partial charge in [-0.05, 0) is 80.0 Å². The fraction of sp³-hybridized carbons (Fsp3) is 0.864. The number of hydrogen-bond acceptors (Lipinski definition) is 1. The molecule has 23 heavy (non-hydrogen) atoms. The first kappa shape index (κ1) is 15.7. The number of rotatable bonds is 0. The molecule has 4 fully saturated rings. The highest BCUT2D eigenvalue weighted by Crippen LogP contribution is 2.66. The molecule has 0 saturated heterocycles. The molecule has 0 aromatic heterocycles. The van der Waals surface area contributed by atoms with Crippen molar-refractivity contribution in [3.05, 3.63) is 0 Å². The first-order valence-corrected chi connectivity index (χ1v) is 9.91. The van der Waals surface area contributed by atoms with E-state index < -0.39 is 0 Å². The molecule has 0 aromatic carbocycles. The van der Waals surface area contributed by atoms with Gasteiger partial charge in [-0.3, -0.25) is 4.79 Å². The predicted molar refractivity (Wildman–Crippen MR) is 93.6 cm³/mol. The molecule has 0 aliphatic heterocycles. The second kappa shape index (κ2) is 5.11. The first-order chi connectivity index (χ1) is 10.9. The Labute approximate surface area is 142 Å². The Hall–Kier alpha value is -0.770. The Balaban J connectivity index is 1.67. The summed E-state index contributed by atoms with van der Waals surface area (Å²) in [5, 5.41) is 0. The van der Waals surface area contributed by atoms with Gasteiger partial charge in [0.05, 0.1) is 0 Å². The van der Waals surface area contributed by atoms with E-state index in [0.29, 0.717) is 29.0 Å². The summed E-state index contributed by atoms with van der Waals surface area (Å²) in [4.78, 5) is 12.5. The van der Waals surface area contributed by atoms with Gasteiger partial charge in [0.15, 0.2) is 0 Å². The fourth-order valence-electron chi connectivity index (χ4n) is 7.61. The molecule has 4 aliphatic carbocycles. The van der Waals surface area contributed by atoms with Crippen LogP contribution in [0.1, 0.15) is 72.1 Å². The van der Waals surface area contributed by atoms with Crippen LogP contribution in [0.15, 0.2) is 0 Å². The molecule has 126 valence electrons. The maximum atomic E-state index is 12.5. The van der Waals surface area contributed by atoms with Crippen LogP contribution in [0.25, 0.3) is 0 Å². The Morgan fingerprint density at radius 1 is 1.00 bits per heavy atom. The Morgan fingerprint density at radius 2 is 1.78 bits per heavy atom. The summed E-state index contributed by atoms with van der Waals surface area (Å²) in [6.45, 7) is 7.21. The van der Waals surface area contributed by atoms with Gasteiger partial charge in [0.1, 0.15) is 5.78 Å². The molecule has 4 saturated carbocycles. The largest absolute Gasteiger partial charge is 0.299 e. The molecular formula is C22H32O. The quantitative estimate of drug-likeness (QED) is 0.569. The van der Waals surface area contributed by atoms with E-state index in [2.05, 4.69) is 26.7 Å². The zero-order chi connectivity index (χ0) is 16.4. The van der Waals surface area contributed by atoms with Gasteiger partial charge in [0.2, 0.25) is 0 Å². The van der Waals surface area contributed by atoms with E-state index in [1.165, 1.54) is 32.1 Å². The number of terminal acetylenes is 1. The molecule has 1 nitrogen and oxygen atoms in total. The van der Waals surface area contributed by atoms with Crippen molar-refractivity contribution in [3.63, 3.8) is 0 Å². The third-order valence-electron chi connectivity index (χ3n) is 9.03. The Morgan fingerprint density at radius 3 is 2.52 bits per heavy atom. The van der Waals surface area contributed by atoms with Crippen LogP contribution in [0.5, 0.6) is 0 Å². The van der Waals surface area contributed by atoms with Gasteiger partial charge in [-0.1, -0.05) is 20.8 Å². The van der Waals surface area contributed by atoms with Crippen LogP contribution in [0.3, 0.4) is 0 Å². The standard InChI is InChI=1S/C22H32O/c1-5-15-14(2)10-12-21(3)17(15)7-6-16-18-8-9-20(23)22(18,4)13-11-19(16)21/h1,14-19H,6-13H2,2-4H3/t14?,15?,16-,17?,18-,19+,21-,22-/m0/s1. The lowest BCUT2D eigenvalue weighted by Crippen LogP contribution is -2.55. The summed E-state index contributed by atoms with van der Waals surface area (Å²) in [7, 11) is 0. The van der Waals surface area contributed by atoms with Gasteiger partial charge >= 0.3 is 0 Å². The molecule has 0 radical (unpaired) electrons. The normalized spacial score (nSPS) is 55.5. The van der Waals surface area contributed by atoms with Gasteiger partial charge in [0.25, 0.3) is 0 Å². The van der Waals surface area contributed by atoms with Crippen LogP contribution in [-0.2, 0) is 4.79 Å². The minimum Gasteiger partial charge on any atom is -0.299 e. The minimum absolute atomic E-state index is 0.0117. The minimum atomic E-state index is 0.0117. The summed E-state index contributed by atoms with van der Waals surface area (Å²) in [5.74, 6) is 7.90. The lowest BCUT2D eigenvalue weighted by molar-refractivity contribution is -0.143. The van der Waals surface area contributed by atoms with Crippen molar-refractivity contribution in [1.82, 2.24) is 0 Å². The third-order valence-corrected chi connectivity index (χ3v) is 9.03. The van der Waals surface area contributed by atoms with Gasteiger partial charge in [0, 0.05) is 17.8 Å². The molecule has 1 heteroatoms. The maximum Gasteiger partial charge on any atom is 0.139 e. The zero-order valence-corrected chi connectivity index (χ0v) is 15.1. The van der Waals surface area contributed by atoms with E-state index in [9.17, 15) is 4.79 Å². The molecular weight excluding hydrogens is 280 g/mol. The molecule has 0 bridgehead atoms. The highest BCUT2D eigenvalue weighted by atomic mass is 16.1. The number of carbonyl (C=O) groups is 1. The second-order valence-electron chi connectivity index (χ2n) is 9.69. The highest BCUT2D eigenvalue weighted by Gasteiger charge is 2.61. The molecule has 4 aliphatic rings. The first-order valence-electron chi connectivity index (χ1n) is 9.91. The van der Waals surface area contributed by atoms with Gasteiger partial charge in [-0.25, -0.2) is 0 Å². The molecule has 0 spiro atoms. The van der Waals surface area contributed by atoms with E-state index in [0.717, 1.165) is 37.0 Å². The average molecular weight is 312 g/mol. The van der Waals surface area contributed by atoms with Crippen molar-refractivity contribution in [2.75, 3.05) is 0 Å². The number of ketones is 1. The van der Waals surface area contributed by atoms with E-state index in [1.54, 1.807) is 0 Å². The number of fused-ring (bicyclic) bond motifs is 5. The summed E-state index contributed by atoms with van der Waals surface area (Å²) in [5.41, 5.74) is 0.442. The lowest BCUT2D eigenvalue weighted by atomic mass is 9.43. The van der Waals surface area contributed by atoms with Crippen LogP contribution >= 0.6 is 0 Å². The summed E-state index contributed by atoms with van der Waals surface area (Å²) < 4.78 is 0. The van der Waals surface area contributed by atoms with E-state index in [-0.39, 0.29) is 5.41 Å². The number of hydrogen-bond donors (Lipinski definition) is 0. The summed E-state index contributed by atoms with van der Waals surface area (Å²) in [6.07, 6.45) is 15.6. The van der Waals surface area contributed by atoms with Crippen molar-refractivity contribution in [3.8, 4) is 12.3 Å². The summed E-state index contributed by atoms with van der Waals surface area (Å²) >= 11 is 0. The van der Waals surface area contributed by atoms with Crippen LogP contribution in [-0.4, -0.2) is 5.78 Å².